The maximum absolute atomic E-state index is 10.9. The van der Waals surface area contributed by atoms with E-state index in [2.05, 4.69) is 24.3 Å². The Hall–Kier alpha value is -1.59. The SMILES string of the molecule is Cc1nn(C)c(NCCC(C)C)c1[N+](=O)[O-]. The first-order chi connectivity index (χ1) is 7.43. The molecule has 1 heterocycles. The van der Waals surface area contributed by atoms with E-state index in [1.54, 1.807) is 14.0 Å². The van der Waals surface area contributed by atoms with Crippen molar-refractivity contribution in [1.82, 2.24) is 9.78 Å². The number of hydrogen-bond acceptors (Lipinski definition) is 4. The number of nitrogens with zero attached hydrogens (tertiary/aromatic N) is 3. The van der Waals surface area contributed by atoms with Crippen LogP contribution in [0.3, 0.4) is 0 Å². The maximum Gasteiger partial charge on any atom is 0.333 e. The van der Waals surface area contributed by atoms with Gasteiger partial charge in [0.1, 0.15) is 5.69 Å². The van der Waals surface area contributed by atoms with Gasteiger partial charge < -0.3 is 5.32 Å². The molecule has 0 unspecified atom stereocenters. The Kier molecular flexibility index (Phi) is 3.87. The van der Waals surface area contributed by atoms with Crippen molar-refractivity contribution in [3.05, 3.63) is 15.8 Å². The van der Waals surface area contributed by atoms with Crippen LogP contribution in [0.5, 0.6) is 0 Å². The van der Waals surface area contributed by atoms with Crippen molar-refractivity contribution in [2.75, 3.05) is 11.9 Å². The van der Waals surface area contributed by atoms with E-state index in [1.165, 1.54) is 4.68 Å². The molecule has 16 heavy (non-hydrogen) atoms. The zero-order valence-electron chi connectivity index (χ0n) is 10.1. The molecule has 1 aromatic rings. The first-order valence-electron chi connectivity index (χ1n) is 5.35. The Balaban J connectivity index is 2.82. The number of nitro groups is 1. The van der Waals surface area contributed by atoms with E-state index in [1.807, 2.05) is 0 Å². The summed E-state index contributed by atoms with van der Waals surface area (Å²) in [6.45, 7) is 6.60. The van der Waals surface area contributed by atoms with Crippen LogP contribution >= 0.6 is 0 Å². The Morgan fingerprint density at radius 3 is 2.69 bits per heavy atom. The van der Waals surface area contributed by atoms with Crippen molar-refractivity contribution in [1.29, 1.82) is 0 Å². The van der Waals surface area contributed by atoms with Crippen molar-refractivity contribution in [2.24, 2.45) is 13.0 Å². The summed E-state index contributed by atoms with van der Waals surface area (Å²) in [5.74, 6) is 1.06. The van der Waals surface area contributed by atoms with Gasteiger partial charge >= 0.3 is 5.69 Å². The molecule has 1 rings (SSSR count). The molecule has 0 aliphatic carbocycles. The highest BCUT2D eigenvalue weighted by Crippen LogP contribution is 2.27. The third kappa shape index (κ3) is 2.71. The molecule has 6 nitrogen and oxygen atoms in total. The van der Waals surface area contributed by atoms with Crippen molar-refractivity contribution in [3.63, 3.8) is 0 Å². The molecular weight excluding hydrogens is 208 g/mol. The molecule has 0 spiro atoms. The van der Waals surface area contributed by atoms with Gasteiger partial charge in [-0.2, -0.15) is 5.10 Å². The summed E-state index contributed by atoms with van der Waals surface area (Å²) < 4.78 is 1.52. The van der Waals surface area contributed by atoms with Gasteiger partial charge in [-0.25, -0.2) is 4.68 Å². The Morgan fingerprint density at radius 1 is 1.56 bits per heavy atom. The summed E-state index contributed by atoms with van der Waals surface area (Å²) in [6, 6.07) is 0. The number of anilines is 1. The first kappa shape index (κ1) is 12.5. The van der Waals surface area contributed by atoms with Gasteiger partial charge in [0.15, 0.2) is 0 Å². The van der Waals surface area contributed by atoms with Crippen LogP contribution in [0, 0.1) is 23.0 Å². The lowest BCUT2D eigenvalue weighted by Crippen LogP contribution is -2.09. The van der Waals surface area contributed by atoms with Crippen LogP contribution in [0.25, 0.3) is 0 Å². The topological polar surface area (TPSA) is 73.0 Å². The van der Waals surface area contributed by atoms with E-state index in [0.29, 0.717) is 17.4 Å². The average molecular weight is 226 g/mol. The van der Waals surface area contributed by atoms with E-state index in [9.17, 15) is 10.1 Å². The van der Waals surface area contributed by atoms with Crippen LogP contribution < -0.4 is 5.32 Å². The molecular formula is C10H18N4O2. The molecule has 0 aromatic carbocycles. The first-order valence-corrected chi connectivity index (χ1v) is 5.35. The normalized spacial score (nSPS) is 10.8. The van der Waals surface area contributed by atoms with Crippen LogP contribution in [-0.2, 0) is 7.05 Å². The van der Waals surface area contributed by atoms with E-state index in [4.69, 9.17) is 0 Å². The van der Waals surface area contributed by atoms with Crippen LogP contribution in [-0.4, -0.2) is 21.2 Å². The second kappa shape index (κ2) is 4.96. The smallest absolute Gasteiger partial charge is 0.333 e. The summed E-state index contributed by atoms with van der Waals surface area (Å²) >= 11 is 0. The number of nitrogens with one attached hydrogen (secondary N) is 1. The van der Waals surface area contributed by atoms with Gasteiger partial charge in [-0.15, -0.1) is 0 Å². The molecule has 0 radical (unpaired) electrons. The van der Waals surface area contributed by atoms with Crippen molar-refractivity contribution < 1.29 is 4.92 Å². The fraction of sp³-hybridized carbons (Fsp3) is 0.700. The van der Waals surface area contributed by atoms with Gasteiger partial charge in [-0.3, -0.25) is 10.1 Å². The van der Waals surface area contributed by atoms with Gasteiger partial charge in [0, 0.05) is 13.6 Å². The standard InChI is InChI=1S/C10H18N4O2/c1-7(2)5-6-11-10-9(14(15)16)8(3)12-13(10)4/h7,11H,5-6H2,1-4H3. The van der Waals surface area contributed by atoms with Crippen molar-refractivity contribution >= 4 is 11.5 Å². The van der Waals surface area contributed by atoms with Crippen LogP contribution in [0.15, 0.2) is 0 Å². The quantitative estimate of drug-likeness (QED) is 0.616. The molecule has 0 amide bonds. The summed E-state index contributed by atoms with van der Waals surface area (Å²) in [5, 5.41) is 18.0. The molecule has 0 atom stereocenters. The van der Waals surface area contributed by atoms with E-state index >= 15 is 0 Å². The molecule has 1 aromatic heterocycles. The largest absolute Gasteiger partial charge is 0.365 e. The van der Waals surface area contributed by atoms with Gasteiger partial charge in [-0.05, 0) is 19.3 Å². The minimum atomic E-state index is -0.389. The second-order valence-corrected chi connectivity index (χ2v) is 4.27. The molecule has 0 saturated heterocycles. The van der Waals surface area contributed by atoms with Crippen LogP contribution in [0.1, 0.15) is 26.0 Å². The minimum Gasteiger partial charge on any atom is -0.365 e. The van der Waals surface area contributed by atoms with Crippen LogP contribution in [0.2, 0.25) is 0 Å². The lowest BCUT2D eigenvalue weighted by molar-refractivity contribution is -0.384. The third-order valence-corrected chi connectivity index (χ3v) is 2.39. The lowest BCUT2D eigenvalue weighted by atomic mass is 10.1. The molecule has 0 bridgehead atoms. The fourth-order valence-corrected chi connectivity index (χ4v) is 1.54. The third-order valence-electron chi connectivity index (χ3n) is 2.39. The highest BCUT2D eigenvalue weighted by molar-refractivity contribution is 5.59. The summed E-state index contributed by atoms with van der Waals surface area (Å²) in [7, 11) is 1.71. The van der Waals surface area contributed by atoms with E-state index in [0.717, 1.165) is 13.0 Å². The Morgan fingerprint density at radius 2 is 2.19 bits per heavy atom. The number of aryl methyl sites for hydroxylation is 2. The van der Waals surface area contributed by atoms with Gasteiger partial charge in [-0.1, -0.05) is 13.8 Å². The minimum absolute atomic E-state index is 0.0752. The average Bonchev–Trinajstić information content (AvgIpc) is 2.40. The second-order valence-electron chi connectivity index (χ2n) is 4.27. The van der Waals surface area contributed by atoms with Crippen LogP contribution in [0.4, 0.5) is 11.5 Å². The molecule has 1 N–H and O–H groups in total. The lowest BCUT2D eigenvalue weighted by Gasteiger charge is -2.07. The molecule has 90 valence electrons. The monoisotopic (exact) mass is 226 g/mol. The fourth-order valence-electron chi connectivity index (χ4n) is 1.54. The zero-order chi connectivity index (χ0) is 12.3. The van der Waals surface area contributed by atoms with E-state index < -0.39 is 0 Å². The summed E-state index contributed by atoms with van der Waals surface area (Å²) in [6.07, 6.45) is 0.974. The maximum atomic E-state index is 10.9. The highest BCUT2D eigenvalue weighted by Gasteiger charge is 2.23. The number of rotatable bonds is 5. The predicted octanol–water partition coefficient (Wildman–Crippen LogP) is 2.09. The van der Waals surface area contributed by atoms with Gasteiger partial charge in [0.2, 0.25) is 5.82 Å². The molecule has 6 heteroatoms. The Labute approximate surface area is 94.8 Å². The Bertz CT molecular complexity index is 384. The van der Waals surface area contributed by atoms with Crippen molar-refractivity contribution in [3.8, 4) is 0 Å². The summed E-state index contributed by atoms with van der Waals surface area (Å²) in [5.41, 5.74) is 0.519. The van der Waals surface area contributed by atoms with Gasteiger partial charge in [0.05, 0.1) is 4.92 Å². The molecule has 0 saturated carbocycles. The highest BCUT2D eigenvalue weighted by atomic mass is 16.6. The van der Waals surface area contributed by atoms with Gasteiger partial charge in [0.25, 0.3) is 0 Å². The number of hydrogen-bond donors (Lipinski definition) is 1. The van der Waals surface area contributed by atoms with Crippen molar-refractivity contribution in [2.45, 2.75) is 27.2 Å². The summed E-state index contributed by atoms with van der Waals surface area (Å²) in [4.78, 5) is 10.5. The van der Waals surface area contributed by atoms with E-state index in [-0.39, 0.29) is 10.6 Å². The predicted molar refractivity (Wildman–Crippen MR) is 62.5 cm³/mol. The zero-order valence-corrected chi connectivity index (χ0v) is 10.1. The molecule has 0 aliphatic heterocycles. The molecule has 0 fully saturated rings. The number of aromatic nitrogens is 2. The molecule has 0 aliphatic rings.